The fourth-order valence-electron chi connectivity index (χ4n) is 2.28. The molecule has 0 saturated carbocycles. The van der Waals surface area contributed by atoms with Crippen LogP contribution in [0.4, 0.5) is 17.3 Å². The number of nitrogen functional groups attached to an aromatic ring is 1. The van der Waals surface area contributed by atoms with Gasteiger partial charge in [-0.15, -0.1) is 5.10 Å². The Bertz CT molecular complexity index is 1090. The van der Waals surface area contributed by atoms with E-state index in [2.05, 4.69) is 15.4 Å². The van der Waals surface area contributed by atoms with Crippen LogP contribution in [-0.4, -0.2) is 21.7 Å². The Kier molecular flexibility index (Phi) is 3.79. The van der Waals surface area contributed by atoms with Crippen LogP contribution in [0.25, 0.3) is 5.65 Å². The van der Waals surface area contributed by atoms with Crippen LogP contribution in [-0.2, 0) is 0 Å². The molecule has 2 heterocycles. The summed E-state index contributed by atoms with van der Waals surface area (Å²) in [7, 11) is 1.56. The van der Waals surface area contributed by atoms with Gasteiger partial charge >= 0.3 is 0 Å². The number of hydrogen-bond acceptors (Lipinski definition) is 8. The van der Waals surface area contributed by atoms with Crippen LogP contribution in [0.1, 0.15) is 16.8 Å². The molecular formula is C16H10N8O. The summed E-state index contributed by atoms with van der Waals surface area (Å²) >= 11 is 0. The first-order chi connectivity index (χ1) is 12.1. The number of benzene rings is 1. The topological polar surface area (TPSA) is 149 Å². The summed E-state index contributed by atoms with van der Waals surface area (Å²) in [6.07, 6.45) is 0. The van der Waals surface area contributed by atoms with Gasteiger partial charge in [-0.05, 0) is 24.3 Å². The van der Waals surface area contributed by atoms with Crippen molar-refractivity contribution in [2.24, 2.45) is 0 Å². The van der Waals surface area contributed by atoms with Crippen LogP contribution in [0.3, 0.4) is 0 Å². The fraction of sp³-hybridized carbons (Fsp3) is 0.0625. The van der Waals surface area contributed by atoms with Gasteiger partial charge in [0.15, 0.2) is 17.2 Å². The smallest absolute Gasteiger partial charge is 0.179 e. The van der Waals surface area contributed by atoms with Gasteiger partial charge in [0.1, 0.15) is 40.9 Å². The minimum Gasteiger partial charge on any atom is -0.497 e. The number of hydrogen-bond donors (Lipinski definition) is 2. The molecule has 3 aromatic rings. The molecule has 9 nitrogen and oxygen atoms in total. The van der Waals surface area contributed by atoms with Crippen molar-refractivity contribution in [2.45, 2.75) is 0 Å². The van der Waals surface area contributed by atoms with Crippen LogP contribution in [0, 0.1) is 34.0 Å². The first-order valence-electron chi connectivity index (χ1n) is 6.96. The second-order valence-corrected chi connectivity index (χ2v) is 4.87. The Labute approximate surface area is 142 Å². The lowest BCUT2D eigenvalue weighted by molar-refractivity contribution is 0.415. The Morgan fingerprint density at radius 1 is 1.08 bits per heavy atom. The normalized spacial score (nSPS) is 9.84. The van der Waals surface area contributed by atoms with Crippen molar-refractivity contribution >= 4 is 23.0 Å². The lowest BCUT2D eigenvalue weighted by atomic mass is 10.2. The number of nitriles is 3. The predicted octanol–water partition coefficient (Wildman–Crippen LogP) is 1.68. The van der Waals surface area contributed by atoms with E-state index in [9.17, 15) is 10.5 Å². The van der Waals surface area contributed by atoms with Crippen LogP contribution < -0.4 is 15.8 Å². The molecular weight excluding hydrogens is 320 g/mol. The van der Waals surface area contributed by atoms with Gasteiger partial charge in [-0.2, -0.15) is 20.3 Å². The molecule has 0 unspecified atom stereocenters. The molecule has 0 fully saturated rings. The number of rotatable bonds is 3. The third kappa shape index (κ3) is 2.50. The zero-order valence-corrected chi connectivity index (χ0v) is 13.0. The van der Waals surface area contributed by atoms with E-state index in [4.69, 9.17) is 15.7 Å². The zero-order valence-electron chi connectivity index (χ0n) is 13.0. The number of nitrogens with one attached hydrogen (secondary N) is 1. The molecule has 25 heavy (non-hydrogen) atoms. The average Bonchev–Trinajstić information content (AvgIpc) is 2.97. The number of fused-ring (bicyclic) bond motifs is 1. The van der Waals surface area contributed by atoms with E-state index >= 15 is 0 Å². The van der Waals surface area contributed by atoms with Gasteiger partial charge in [0, 0.05) is 5.69 Å². The molecule has 3 N–H and O–H groups in total. The summed E-state index contributed by atoms with van der Waals surface area (Å²) in [5.41, 5.74) is 6.43. The highest BCUT2D eigenvalue weighted by Crippen LogP contribution is 2.26. The molecule has 1 aromatic carbocycles. The van der Waals surface area contributed by atoms with Crippen molar-refractivity contribution in [3.63, 3.8) is 0 Å². The minimum atomic E-state index is -0.126. The SMILES string of the molecule is COc1ccc(Nc2nn3c(C#N)c(C#N)c(N)nc3c2C#N)cc1. The maximum absolute atomic E-state index is 9.45. The van der Waals surface area contributed by atoms with Gasteiger partial charge in [-0.3, -0.25) is 0 Å². The number of aromatic nitrogens is 3. The minimum absolute atomic E-state index is 0.0794. The predicted molar refractivity (Wildman–Crippen MR) is 87.8 cm³/mol. The van der Waals surface area contributed by atoms with E-state index in [1.807, 2.05) is 18.2 Å². The molecule has 2 aromatic heterocycles. The summed E-state index contributed by atoms with van der Waals surface area (Å²) in [5.74, 6) is 0.756. The van der Waals surface area contributed by atoms with Crippen molar-refractivity contribution in [3.05, 3.63) is 41.1 Å². The van der Waals surface area contributed by atoms with Crippen molar-refractivity contribution in [1.82, 2.24) is 14.6 Å². The van der Waals surface area contributed by atoms with Gasteiger partial charge in [0.2, 0.25) is 0 Å². The lowest BCUT2D eigenvalue weighted by Crippen LogP contribution is -2.06. The molecule has 0 radical (unpaired) electrons. The van der Waals surface area contributed by atoms with Crippen molar-refractivity contribution < 1.29 is 4.74 Å². The second-order valence-electron chi connectivity index (χ2n) is 4.87. The highest BCUT2D eigenvalue weighted by molar-refractivity contribution is 5.75. The average molecular weight is 330 g/mol. The molecule has 0 aliphatic heterocycles. The molecule has 0 amide bonds. The zero-order chi connectivity index (χ0) is 18.0. The summed E-state index contributed by atoms with van der Waals surface area (Å²) in [6, 6.07) is 12.7. The van der Waals surface area contributed by atoms with Crippen molar-refractivity contribution in [1.29, 1.82) is 15.8 Å². The molecule has 0 spiro atoms. The van der Waals surface area contributed by atoms with Crippen LogP contribution in [0.5, 0.6) is 5.75 Å². The second kappa shape index (κ2) is 6.07. The maximum atomic E-state index is 9.45. The van der Waals surface area contributed by atoms with Crippen molar-refractivity contribution in [2.75, 3.05) is 18.2 Å². The standard InChI is InChI=1S/C16H10N8O/c1-25-10-4-2-9(3-5-10)21-15-12(7-18)16-22-14(20)11(6-17)13(8-19)24(16)23-15/h2-5H,1H3,(H2,20,22)(H,21,23). The molecule has 0 bridgehead atoms. The molecule has 0 aliphatic rings. The van der Waals surface area contributed by atoms with Gasteiger partial charge in [0.25, 0.3) is 0 Å². The fourth-order valence-corrected chi connectivity index (χ4v) is 2.28. The monoisotopic (exact) mass is 330 g/mol. The summed E-state index contributed by atoms with van der Waals surface area (Å²) in [5, 5.41) is 35.1. The van der Waals surface area contributed by atoms with E-state index < -0.39 is 0 Å². The Morgan fingerprint density at radius 3 is 2.32 bits per heavy atom. The number of nitrogens with zero attached hydrogens (tertiary/aromatic N) is 6. The maximum Gasteiger partial charge on any atom is 0.179 e. The molecule has 0 saturated heterocycles. The highest BCUT2D eigenvalue weighted by atomic mass is 16.5. The third-order valence-corrected chi connectivity index (χ3v) is 3.47. The van der Waals surface area contributed by atoms with Gasteiger partial charge in [-0.25, -0.2) is 4.98 Å². The van der Waals surface area contributed by atoms with E-state index in [1.54, 1.807) is 31.4 Å². The molecule has 0 aliphatic carbocycles. The number of ether oxygens (including phenoxy) is 1. The van der Waals surface area contributed by atoms with Crippen LogP contribution >= 0.6 is 0 Å². The summed E-state index contributed by atoms with van der Waals surface area (Å²) < 4.78 is 6.23. The van der Waals surface area contributed by atoms with E-state index in [0.29, 0.717) is 11.4 Å². The van der Waals surface area contributed by atoms with Crippen molar-refractivity contribution in [3.8, 4) is 24.0 Å². The number of nitrogens with two attached hydrogens (primary N) is 1. The Morgan fingerprint density at radius 2 is 1.76 bits per heavy atom. The van der Waals surface area contributed by atoms with Crippen LogP contribution in [0.2, 0.25) is 0 Å². The summed E-state index contributed by atoms with van der Waals surface area (Å²) in [6.45, 7) is 0. The first kappa shape index (κ1) is 15.6. The molecule has 9 heteroatoms. The Hall–Kier alpha value is -4.29. The summed E-state index contributed by atoms with van der Waals surface area (Å²) in [4.78, 5) is 4.04. The van der Waals surface area contributed by atoms with Gasteiger partial charge in [0.05, 0.1) is 7.11 Å². The van der Waals surface area contributed by atoms with Gasteiger partial charge in [-0.1, -0.05) is 0 Å². The van der Waals surface area contributed by atoms with Gasteiger partial charge < -0.3 is 15.8 Å². The quantitative estimate of drug-likeness (QED) is 0.736. The molecule has 0 atom stereocenters. The first-order valence-corrected chi connectivity index (χ1v) is 6.96. The van der Waals surface area contributed by atoms with E-state index in [0.717, 1.165) is 4.52 Å². The Balaban J connectivity index is 2.18. The third-order valence-electron chi connectivity index (χ3n) is 3.47. The highest BCUT2D eigenvalue weighted by Gasteiger charge is 2.21. The van der Waals surface area contributed by atoms with E-state index in [1.165, 1.54) is 0 Å². The van der Waals surface area contributed by atoms with Crippen LogP contribution in [0.15, 0.2) is 24.3 Å². The largest absolute Gasteiger partial charge is 0.497 e. The number of anilines is 3. The molecule has 3 rings (SSSR count). The molecule has 120 valence electrons. The van der Waals surface area contributed by atoms with E-state index in [-0.39, 0.29) is 34.1 Å². The number of methoxy groups -OCH3 is 1. The lowest BCUT2D eigenvalue weighted by Gasteiger charge is -2.04.